The van der Waals surface area contributed by atoms with Gasteiger partial charge in [-0.25, -0.2) is 0 Å². The Morgan fingerprint density at radius 2 is 1.71 bits per heavy atom. The van der Waals surface area contributed by atoms with Crippen LogP contribution in [0.2, 0.25) is 0 Å². The fraction of sp³-hybridized carbons (Fsp3) is 0.545. The zero-order chi connectivity index (χ0) is 29.7. The van der Waals surface area contributed by atoms with Crippen LogP contribution in [0.1, 0.15) is 94.8 Å². The molecule has 4 atom stereocenters. The summed E-state index contributed by atoms with van der Waals surface area (Å²) < 4.78 is 5.42. The van der Waals surface area contributed by atoms with E-state index in [4.69, 9.17) is 4.74 Å². The van der Waals surface area contributed by atoms with E-state index in [1.165, 1.54) is 0 Å². The Morgan fingerprint density at radius 1 is 1.00 bits per heavy atom. The summed E-state index contributed by atoms with van der Waals surface area (Å²) >= 11 is 1.54. The molecule has 1 saturated carbocycles. The zero-order valence-corrected chi connectivity index (χ0v) is 25.2. The van der Waals surface area contributed by atoms with E-state index in [-0.39, 0.29) is 35.2 Å². The molecule has 2 aromatic rings. The molecule has 0 heterocycles. The first-order valence-electron chi connectivity index (χ1n) is 14.9. The van der Waals surface area contributed by atoms with Gasteiger partial charge in [-0.05, 0) is 62.6 Å². The highest BCUT2D eigenvalue weighted by Crippen LogP contribution is 2.38. The van der Waals surface area contributed by atoms with Crippen LogP contribution in [0.15, 0.2) is 54.6 Å². The molecule has 1 amide bonds. The average molecular weight is 584 g/mol. The number of hydrogen-bond donors (Lipinski definition) is 3. The molecule has 0 saturated heterocycles. The van der Waals surface area contributed by atoms with Crippen molar-refractivity contribution in [1.29, 1.82) is 0 Å². The van der Waals surface area contributed by atoms with Crippen LogP contribution >= 0.6 is 11.8 Å². The third-order valence-electron chi connectivity index (χ3n) is 7.53. The Labute approximate surface area is 248 Å². The summed E-state index contributed by atoms with van der Waals surface area (Å²) in [5.41, 5.74) is 0.395. The molecule has 1 fully saturated rings. The number of benzene rings is 2. The van der Waals surface area contributed by atoms with Gasteiger partial charge in [-0.2, -0.15) is 11.8 Å². The quantitative estimate of drug-likeness (QED) is 0.110. The maximum absolute atomic E-state index is 12.5. The van der Waals surface area contributed by atoms with Crippen molar-refractivity contribution in [1.82, 2.24) is 0 Å². The summed E-state index contributed by atoms with van der Waals surface area (Å²) in [7, 11) is 0. The van der Waals surface area contributed by atoms with E-state index in [0.717, 1.165) is 51.4 Å². The molecule has 0 radical (unpaired) electrons. The lowest BCUT2D eigenvalue weighted by Gasteiger charge is -2.27. The SMILES string of the molecule is CCCCC[C@@](C)(O)CS[C@H]1[C@H](O)CC(=O)[C@@H]1CCCCCCC(=O)Oc1ccc(NC(=O)c2ccccc2)cc1. The molecule has 7 nitrogen and oxygen atoms in total. The highest BCUT2D eigenvalue weighted by atomic mass is 32.2. The number of thioether (sulfide) groups is 1. The predicted octanol–water partition coefficient (Wildman–Crippen LogP) is 6.57. The Balaban J connectivity index is 1.32. The van der Waals surface area contributed by atoms with Crippen LogP contribution in [-0.2, 0) is 9.59 Å². The van der Waals surface area contributed by atoms with E-state index >= 15 is 0 Å². The highest BCUT2D eigenvalue weighted by Gasteiger charge is 2.42. The van der Waals surface area contributed by atoms with E-state index in [9.17, 15) is 24.6 Å². The number of aliphatic hydroxyl groups is 2. The number of ether oxygens (including phenoxy) is 1. The zero-order valence-electron chi connectivity index (χ0n) is 24.3. The molecular formula is C33H45NO6S. The fourth-order valence-corrected chi connectivity index (χ4v) is 6.68. The number of nitrogens with one attached hydrogen (secondary N) is 1. The van der Waals surface area contributed by atoms with Crippen molar-refractivity contribution in [2.45, 2.75) is 101 Å². The molecule has 224 valence electrons. The van der Waals surface area contributed by atoms with Gasteiger partial charge in [0.25, 0.3) is 5.91 Å². The smallest absolute Gasteiger partial charge is 0.311 e. The topological polar surface area (TPSA) is 113 Å². The van der Waals surface area contributed by atoms with E-state index in [1.54, 1.807) is 60.3 Å². The number of carbonyl (C=O) groups is 3. The minimum Gasteiger partial charge on any atom is -0.427 e. The molecular weight excluding hydrogens is 538 g/mol. The standard InChI is InChI=1S/C33H45NO6S/c1-3-4-12-21-33(2,39)23-41-31-27(28(35)22-29(31)36)15-10-5-6-11-16-30(37)40-26-19-17-25(18-20-26)34-32(38)24-13-8-7-9-14-24/h7-9,13-14,17-20,27,29,31,36,39H,3-6,10-12,15-16,21-23H2,1-2H3,(H,34,38)/t27-,29+,31+,33+/m0/s1. The van der Waals surface area contributed by atoms with Gasteiger partial charge in [-0.15, -0.1) is 0 Å². The molecule has 1 aliphatic rings. The number of anilines is 1. The first-order valence-corrected chi connectivity index (χ1v) is 16.0. The van der Waals surface area contributed by atoms with Crippen molar-refractivity contribution in [3.8, 4) is 5.75 Å². The molecule has 2 aromatic carbocycles. The Kier molecular flexibility index (Phi) is 13.4. The number of Topliss-reactive ketones (excluding diaryl/α,β-unsaturated/α-hetero) is 1. The second-order valence-corrected chi connectivity index (χ2v) is 12.5. The average Bonchev–Trinajstić information content (AvgIpc) is 3.22. The molecule has 1 aliphatic carbocycles. The number of hydrogen-bond acceptors (Lipinski definition) is 7. The number of esters is 1. The van der Waals surface area contributed by atoms with Crippen LogP contribution in [-0.4, -0.2) is 50.6 Å². The Bertz CT molecular complexity index is 1100. The van der Waals surface area contributed by atoms with Gasteiger partial charge in [0.2, 0.25) is 0 Å². The number of amides is 1. The van der Waals surface area contributed by atoms with Crippen molar-refractivity contribution < 1.29 is 29.3 Å². The molecule has 0 spiro atoms. The van der Waals surface area contributed by atoms with E-state index < -0.39 is 11.7 Å². The predicted molar refractivity (Wildman–Crippen MR) is 164 cm³/mol. The van der Waals surface area contributed by atoms with Gasteiger partial charge in [0.05, 0.1) is 11.7 Å². The van der Waals surface area contributed by atoms with Crippen LogP contribution in [0, 0.1) is 5.92 Å². The monoisotopic (exact) mass is 583 g/mol. The Morgan fingerprint density at radius 3 is 2.41 bits per heavy atom. The summed E-state index contributed by atoms with van der Waals surface area (Å²) in [6.45, 7) is 3.98. The van der Waals surface area contributed by atoms with Crippen LogP contribution in [0.4, 0.5) is 5.69 Å². The van der Waals surface area contributed by atoms with Gasteiger partial charge in [-0.1, -0.05) is 63.6 Å². The normalized spacial score (nSPS) is 20.0. The van der Waals surface area contributed by atoms with Crippen LogP contribution < -0.4 is 10.1 Å². The van der Waals surface area contributed by atoms with Gasteiger partial charge in [0, 0.05) is 41.0 Å². The van der Waals surface area contributed by atoms with Gasteiger partial charge in [0.1, 0.15) is 11.5 Å². The molecule has 0 aromatic heterocycles. The third-order valence-corrected chi connectivity index (χ3v) is 9.35. The van der Waals surface area contributed by atoms with Gasteiger partial charge >= 0.3 is 5.97 Å². The molecule has 0 unspecified atom stereocenters. The minimum absolute atomic E-state index is 0.120. The Hall–Kier alpha value is -2.68. The summed E-state index contributed by atoms with van der Waals surface area (Å²) in [5, 5.41) is 23.8. The number of carbonyl (C=O) groups excluding carboxylic acids is 3. The number of aliphatic hydroxyl groups excluding tert-OH is 1. The van der Waals surface area contributed by atoms with Crippen molar-refractivity contribution in [3.63, 3.8) is 0 Å². The van der Waals surface area contributed by atoms with E-state index in [2.05, 4.69) is 12.2 Å². The van der Waals surface area contributed by atoms with Crippen molar-refractivity contribution >= 4 is 35.1 Å². The molecule has 41 heavy (non-hydrogen) atoms. The highest BCUT2D eigenvalue weighted by molar-refractivity contribution is 8.00. The van der Waals surface area contributed by atoms with Crippen LogP contribution in [0.5, 0.6) is 5.75 Å². The number of unbranched alkanes of at least 4 members (excludes halogenated alkanes) is 5. The maximum atomic E-state index is 12.5. The molecule has 0 bridgehead atoms. The first kappa shape index (κ1) is 32.8. The van der Waals surface area contributed by atoms with Gasteiger partial charge in [-0.3, -0.25) is 14.4 Å². The van der Waals surface area contributed by atoms with Crippen molar-refractivity contribution in [2.75, 3.05) is 11.1 Å². The van der Waals surface area contributed by atoms with Crippen molar-refractivity contribution in [3.05, 3.63) is 60.2 Å². The summed E-state index contributed by atoms with van der Waals surface area (Å²) in [6.07, 6.45) is 7.81. The molecule has 0 aliphatic heterocycles. The van der Waals surface area contributed by atoms with E-state index in [1.807, 2.05) is 13.0 Å². The lowest BCUT2D eigenvalue weighted by Crippen LogP contribution is -2.32. The summed E-state index contributed by atoms with van der Waals surface area (Å²) in [6, 6.07) is 15.6. The van der Waals surface area contributed by atoms with Gasteiger partial charge < -0.3 is 20.3 Å². The third kappa shape index (κ3) is 11.3. The number of ketones is 1. The summed E-state index contributed by atoms with van der Waals surface area (Å²) in [4.78, 5) is 37.1. The molecule has 8 heteroatoms. The minimum atomic E-state index is -0.787. The maximum Gasteiger partial charge on any atom is 0.311 e. The second kappa shape index (κ2) is 16.7. The summed E-state index contributed by atoms with van der Waals surface area (Å²) in [5.74, 6) is 0.391. The van der Waals surface area contributed by atoms with Gasteiger partial charge in [0.15, 0.2) is 0 Å². The fourth-order valence-electron chi connectivity index (χ4n) is 5.15. The number of rotatable bonds is 17. The van der Waals surface area contributed by atoms with Crippen molar-refractivity contribution in [2.24, 2.45) is 5.92 Å². The molecule has 3 rings (SSSR count). The van der Waals surface area contributed by atoms with Crippen LogP contribution in [0.3, 0.4) is 0 Å². The lowest BCUT2D eigenvalue weighted by atomic mass is 9.98. The first-order chi connectivity index (χ1) is 19.7. The largest absolute Gasteiger partial charge is 0.427 e. The van der Waals surface area contributed by atoms with E-state index in [0.29, 0.717) is 35.6 Å². The lowest BCUT2D eigenvalue weighted by molar-refractivity contribution is -0.134. The van der Waals surface area contributed by atoms with Crippen LogP contribution in [0.25, 0.3) is 0 Å². The molecule has 3 N–H and O–H groups in total. The second-order valence-electron chi connectivity index (χ2n) is 11.3.